The van der Waals surface area contributed by atoms with Crippen LogP contribution >= 0.6 is 0 Å². The molecule has 0 fully saturated rings. The van der Waals surface area contributed by atoms with Crippen LogP contribution in [0.5, 0.6) is 5.88 Å². The fraction of sp³-hybridized carbons (Fsp3) is 0.444. The molecule has 2 aromatic rings. The monoisotopic (exact) mass is 357 g/mol. The molecule has 1 N–H and O–H groups in total. The van der Waals surface area contributed by atoms with Crippen LogP contribution in [0, 0.1) is 5.92 Å². The van der Waals surface area contributed by atoms with E-state index in [1.807, 2.05) is 26.1 Å². The van der Waals surface area contributed by atoms with Crippen LogP contribution in [0.4, 0.5) is 0 Å². The molecule has 0 bridgehead atoms. The summed E-state index contributed by atoms with van der Waals surface area (Å²) >= 11 is 0. The molecule has 0 spiro atoms. The van der Waals surface area contributed by atoms with Crippen molar-refractivity contribution in [1.29, 1.82) is 0 Å². The Morgan fingerprint density at radius 1 is 1.46 bits per heavy atom. The lowest BCUT2D eigenvalue weighted by Crippen LogP contribution is -2.31. The largest absolute Gasteiger partial charge is 0.481 e. The van der Waals surface area contributed by atoms with E-state index >= 15 is 0 Å². The van der Waals surface area contributed by atoms with Crippen molar-refractivity contribution in [3.63, 3.8) is 0 Å². The summed E-state index contributed by atoms with van der Waals surface area (Å²) in [7, 11) is 1.54. The molecule has 0 aliphatic carbocycles. The molecule has 8 nitrogen and oxygen atoms in total. The summed E-state index contributed by atoms with van der Waals surface area (Å²) < 4.78 is 7.07. The Bertz CT molecular complexity index is 803. The van der Waals surface area contributed by atoms with Gasteiger partial charge in [-0.25, -0.2) is 4.98 Å². The summed E-state index contributed by atoms with van der Waals surface area (Å²) in [5.74, 6) is 0.0804. The van der Waals surface area contributed by atoms with Crippen LogP contribution in [0.15, 0.2) is 24.5 Å². The van der Waals surface area contributed by atoms with Gasteiger partial charge in [-0.3, -0.25) is 14.3 Å². The summed E-state index contributed by atoms with van der Waals surface area (Å²) in [5.41, 5.74) is 1.99. The number of amides is 2. The van der Waals surface area contributed by atoms with Crippen molar-refractivity contribution in [2.45, 2.75) is 33.5 Å². The zero-order chi connectivity index (χ0) is 18.7. The lowest BCUT2D eigenvalue weighted by Gasteiger charge is -2.14. The number of hydrogen-bond acceptors (Lipinski definition) is 5. The van der Waals surface area contributed by atoms with Gasteiger partial charge >= 0.3 is 0 Å². The van der Waals surface area contributed by atoms with Crippen molar-refractivity contribution in [2.24, 2.45) is 5.92 Å². The number of rotatable bonds is 7. The van der Waals surface area contributed by atoms with Gasteiger partial charge in [0.15, 0.2) is 0 Å². The molecule has 8 heteroatoms. The van der Waals surface area contributed by atoms with Crippen molar-refractivity contribution in [3.8, 4) is 5.88 Å². The third-order valence-electron chi connectivity index (χ3n) is 4.49. The first kappa shape index (κ1) is 17.9. The van der Waals surface area contributed by atoms with Crippen molar-refractivity contribution in [2.75, 3.05) is 13.7 Å². The van der Waals surface area contributed by atoms with Gasteiger partial charge in [-0.15, -0.1) is 0 Å². The molecule has 1 atom stereocenters. The number of hydrogen-bond donors (Lipinski definition) is 1. The smallest absolute Gasteiger partial charge is 0.256 e. The third-order valence-corrected chi connectivity index (χ3v) is 4.49. The lowest BCUT2D eigenvalue weighted by molar-refractivity contribution is -0.125. The molecule has 138 valence electrons. The Morgan fingerprint density at radius 2 is 2.27 bits per heavy atom. The number of aromatic nitrogens is 3. The van der Waals surface area contributed by atoms with Gasteiger partial charge in [0.2, 0.25) is 11.8 Å². The fourth-order valence-electron chi connectivity index (χ4n) is 2.99. The average molecular weight is 357 g/mol. The van der Waals surface area contributed by atoms with Gasteiger partial charge in [-0.2, -0.15) is 5.10 Å². The van der Waals surface area contributed by atoms with Gasteiger partial charge in [0.05, 0.1) is 37.4 Å². The fourth-order valence-corrected chi connectivity index (χ4v) is 2.99. The van der Waals surface area contributed by atoms with E-state index in [1.165, 1.54) is 7.11 Å². The minimum atomic E-state index is -0.236. The summed E-state index contributed by atoms with van der Waals surface area (Å²) in [5, 5.41) is 7.00. The van der Waals surface area contributed by atoms with Crippen molar-refractivity contribution < 1.29 is 14.3 Å². The number of nitrogens with one attached hydrogen (secondary N) is 1. The highest BCUT2D eigenvalue weighted by Crippen LogP contribution is 2.26. The maximum absolute atomic E-state index is 12.4. The zero-order valence-corrected chi connectivity index (χ0v) is 15.2. The average Bonchev–Trinajstić information content (AvgIpc) is 3.26. The van der Waals surface area contributed by atoms with E-state index in [-0.39, 0.29) is 24.3 Å². The van der Waals surface area contributed by atoms with Gasteiger partial charge in [0, 0.05) is 31.0 Å². The molecule has 0 saturated carbocycles. The van der Waals surface area contributed by atoms with Crippen molar-refractivity contribution >= 4 is 11.8 Å². The quantitative estimate of drug-likeness (QED) is 0.805. The third kappa shape index (κ3) is 3.54. The predicted molar refractivity (Wildman–Crippen MR) is 94.4 cm³/mol. The van der Waals surface area contributed by atoms with Gasteiger partial charge in [0.1, 0.15) is 0 Å². The summed E-state index contributed by atoms with van der Waals surface area (Å²) in [4.78, 5) is 30.9. The van der Waals surface area contributed by atoms with Gasteiger partial charge < -0.3 is 15.0 Å². The second kappa shape index (κ2) is 7.55. The standard InChI is InChI=1S/C18H23N5O3/c1-4-22-11-15-14(18(22)25)8-13(17(21-15)26-3)9-19-16(24)12(2)10-23-7-5-6-20-23/h5-8,12H,4,9-11H2,1-3H3,(H,19,24)/t12-/m1/s1. The Hall–Kier alpha value is -2.90. The molecule has 2 aromatic heterocycles. The molecule has 0 saturated heterocycles. The molecule has 3 rings (SSSR count). The second-order valence-electron chi connectivity index (χ2n) is 6.32. The first-order valence-corrected chi connectivity index (χ1v) is 8.64. The summed E-state index contributed by atoms with van der Waals surface area (Å²) in [6, 6.07) is 3.60. The van der Waals surface area contributed by atoms with Gasteiger partial charge in [-0.1, -0.05) is 6.92 Å². The van der Waals surface area contributed by atoms with E-state index in [2.05, 4.69) is 15.4 Å². The first-order chi connectivity index (χ1) is 12.5. The van der Waals surface area contributed by atoms with Gasteiger partial charge in [0.25, 0.3) is 5.91 Å². The van der Waals surface area contributed by atoms with Crippen molar-refractivity contribution in [3.05, 3.63) is 41.3 Å². The molecule has 3 heterocycles. The SMILES string of the molecule is CCN1Cc2nc(OC)c(CNC(=O)[C@H](C)Cn3cccn3)cc2C1=O. The number of fused-ring (bicyclic) bond motifs is 1. The molecule has 1 aliphatic heterocycles. The Labute approximate surface area is 152 Å². The second-order valence-corrected chi connectivity index (χ2v) is 6.32. The number of ether oxygens (including phenoxy) is 1. The number of carbonyl (C=O) groups is 2. The van der Waals surface area contributed by atoms with Crippen LogP contribution in [0.1, 0.15) is 35.5 Å². The molecule has 2 amide bonds. The summed E-state index contributed by atoms with van der Waals surface area (Å²) in [6.45, 7) is 5.66. The van der Waals surface area contributed by atoms with E-state index in [4.69, 9.17) is 4.74 Å². The molecule has 0 radical (unpaired) electrons. The number of nitrogens with zero attached hydrogens (tertiary/aromatic N) is 4. The van der Waals surface area contributed by atoms with Gasteiger partial charge in [-0.05, 0) is 19.1 Å². The Kier molecular flexibility index (Phi) is 5.20. The molecule has 1 aliphatic rings. The minimum absolute atomic E-state index is 0.0303. The molecule has 0 aromatic carbocycles. The molecule has 26 heavy (non-hydrogen) atoms. The summed E-state index contributed by atoms with van der Waals surface area (Å²) in [6.07, 6.45) is 3.50. The van der Waals surface area contributed by atoms with Crippen LogP contribution in [0.25, 0.3) is 0 Å². The highest BCUT2D eigenvalue weighted by Gasteiger charge is 2.29. The minimum Gasteiger partial charge on any atom is -0.481 e. The van der Waals surface area contributed by atoms with E-state index in [1.54, 1.807) is 21.8 Å². The molecule has 0 unspecified atom stereocenters. The Balaban J connectivity index is 1.69. The lowest BCUT2D eigenvalue weighted by atomic mass is 10.1. The number of methoxy groups -OCH3 is 1. The van der Waals surface area contributed by atoms with E-state index in [0.717, 1.165) is 5.69 Å². The highest BCUT2D eigenvalue weighted by atomic mass is 16.5. The van der Waals surface area contributed by atoms with E-state index in [0.29, 0.717) is 36.6 Å². The maximum atomic E-state index is 12.4. The van der Waals surface area contributed by atoms with Crippen LogP contribution in [0.2, 0.25) is 0 Å². The first-order valence-electron chi connectivity index (χ1n) is 8.64. The van der Waals surface area contributed by atoms with Crippen molar-refractivity contribution in [1.82, 2.24) is 25.0 Å². The molecular weight excluding hydrogens is 334 g/mol. The molecular formula is C18H23N5O3. The van der Waals surface area contributed by atoms with Crippen LogP contribution in [-0.2, 0) is 24.4 Å². The predicted octanol–water partition coefficient (Wildman–Crippen LogP) is 1.21. The van der Waals surface area contributed by atoms with E-state index < -0.39 is 0 Å². The Morgan fingerprint density at radius 3 is 2.92 bits per heavy atom. The zero-order valence-electron chi connectivity index (χ0n) is 15.2. The number of carbonyl (C=O) groups excluding carboxylic acids is 2. The topological polar surface area (TPSA) is 89.3 Å². The van der Waals surface area contributed by atoms with Crippen LogP contribution in [-0.4, -0.2) is 45.1 Å². The normalized spacial score (nSPS) is 14.3. The highest BCUT2D eigenvalue weighted by molar-refractivity contribution is 5.98. The maximum Gasteiger partial charge on any atom is 0.256 e. The van der Waals surface area contributed by atoms with Crippen LogP contribution < -0.4 is 10.1 Å². The van der Waals surface area contributed by atoms with Crippen LogP contribution in [0.3, 0.4) is 0 Å². The number of pyridine rings is 1. The van der Waals surface area contributed by atoms with E-state index in [9.17, 15) is 9.59 Å².